The number of thiocarbonyl (C=S) groups is 1. The van der Waals surface area contributed by atoms with Gasteiger partial charge >= 0.3 is 0 Å². The van der Waals surface area contributed by atoms with Gasteiger partial charge in [0.1, 0.15) is 4.32 Å². The number of carbonyl (C=O) groups excluding carboxylic acids is 1. The second kappa shape index (κ2) is 8.50. The number of benzene rings is 1. The molecule has 1 aromatic rings. The molecule has 0 aromatic heterocycles. The molecule has 1 fully saturated rings. The molecule has 1 heterocycles. The summed E-state index contributed by atoms with van der Waals surface area (Å²) in [7, 11) is 4.03. The molecule has 1 aromatic carbocycles. The topological polar surface area (TPSA) is 23.6 Å². The number of unbranched alkanes of at least 4 members (excludes halogenated alkanes) is 3. The van der Waals surface area contributed by atoms with Crippen molar-refractivity contribution in [1.82, 2.24) is 4.90 Å². The lowest BCUT2D eigenvalue weighted by atomic mass is 10.1. The summed E-state index contributed by atoms with van der Waals surface area (Å²) in [6.45, 7) is 2.92. The van der Waals surface area contributed by atoms with Gasteiger partial charge in [0.2, 0.25) is 0 Å². The van der Waals surface area contributed by atoms with Gasteiger partial charge in [0.05, 0.1) is 4.91 Å². The highest BCUT2D eigenvalue weighted by atomic mass is 32.2. The fraction of sp³-hybridized carbons (Fsp3) is 0.444. The Morgan fingerprint density at radius 2 is 1.87 bits per heavy atom. The van der Waals surface area contributed by atoms with Gasteiger partial charge in [-0.2, -0.15) is 0 Å². The van der Waals surface area contributed by atoms with Crippen LogP contribution in [0.1, 0.15) is 38.2 Å². The molecule has 2 rings (SSSR count). The third-order valence-electron chi connectivity index (χ3n) is 3.82. The van der Waals surface area contributed by atoms with E-state index < -0.39 is 0 Å². The van der Waals surface area contributed by atoms with Gasteiger partial charge in [-0.25, -0.2) is 0 Å². The maximum atomic E-state index is 12.5. The van der Waals surface area contributed by atoms with Crippen molar-refractivity contribution in [3.63, 3.8) is 0 Å². The van der Waals surface area contributed by atoms with Crippen LogP contribution in [0.15, 0.2) is 29.2 Å². The average Bonchev–Trinajstić information content (AvgIpc) is 2.79. The number of hydrogen-bond acceptors (Lipinski definition) is 4. The van der Waals surface area contributed by atoms with E-state index in [0.717, 1.165) is 35.5 Å². The minimum absolute atomic E-state index is 0.0492. The second-order valence-electron chi connectivity index (χ2n) is 5.88. The molecule has 0 atom stereocenters. The molecular formula is C18H24N2OS2. The first-order valence-corrected chi connectivity index (χ1v) is 9.28. The molecule has 124 valence electrons. The zero-order valence-corrected chi connectivity index (χ0v) is 15.7. The molecule has 3 nitrogen and oxygen atoms in total. The molecule has 0 N–H and O–H groups in total. The Bertz CT molecular complexity index is 594. The van der Waals surface area contributed by atoms with Crippen LogP contribution in [0.5, 0.6) is 0 Å². The summed E-state index contributed by atoms with van der Waals surface area (Å²) in [5, 5.41) is 0. The predicted octanol–water partition coefficient (Wildman–Crippen LogP) is 4.53. The summed E-state index contributed by atoms with van der Waals surface area (Å²) in [5.74, 6) is 0.0492. The number of rotatable bonds is 7. The SMILES string of the molecule is CCCCCCN1C(=O)/C(=C/c2ccc(N(C)C)cc2)SC1=S. The summed E-state index contributed by atoms with van der Waals surface area (Å²) < 4.78 is 0.683. The van der Waals surface area contributed by atoms with Gasteiger partial charge in [0.15, 0.2) is 0 Å². The first kappa shape index (κ1) is 18.0. The van der Waals surface area contributed by atoms with E-state index in [1.54, 1.807) is 4.90 Å². The normalized spacial score (nSPS) is 16.5. The average molecular weight is 349 g/mol. The van der Waals surface area contributed by atoms with Crippen molar-refractivity contribution < 1.29 is 4.79 Å². The van der Waals surface area contributed by atoms with Crippen molar-refractivity contribution >= 4 is 46.0 Å². The van der Waals surface area contributed by atoms with Crippen molar-refractivity contribution in [2.45, 2.75) is 32.6 Å². The van der Waals surface area contributed by atoms with E-state index in [1.165, 1.54) is 24.6 Å². The van der Waals surface area contributed by atoms with Crippen molar-refractivity contribution in [2.75, 3.05) is 25.5 Å². The molecule has 0 radical (unpaired) electrons. The lowest BCUT2D eigenvalue weighted by Crippen LogP contribution is -2.28. The van der Waals surface area contributed by atoms with Gasteiger partial charge in [-0.05, 0) is 30.2 Å². The van der Waals surface area contributed by atoms with E-state index >= 15 is 0 Å². The van der Waals surface area contributed by atoms with Crippen LogP contribution in [0.4, 0.5) is 5.69 Å². The van der Waals surface area contributed by atoms with Gasteiger partial charge in [0.25, 0.3) is 5.91 Å². The van der Waals surface area contributed by atoms with Crippen LogP contribution in [-0.4, -0.2) is 35.8 Å². The summed E-state index contributed by atoms with van der Waals surface area (Å²) >= 11 is 6.77. The molecule has 0 bridgehead atoms. The third kappa shape index (κ3) is 4.82. The van der Waals surface area contributed by atoms with Crippen LogP contribution >= 0.6 is 24.0 Å². The van der Waals surface area contributed by atoms with Gasteiger partial charge < -0.3 is 4.90 Å². The molecule has 23 heavy (non-hydrogen) atoms. The van der Waals surface area contributed by atoms with Crippen LogP contribution in [0.25, 0.3) is 6.08 Å². The van der Waals surface area contributed by atoms with Crippen molar-refractivity contribution in [3.05, 3.63) is 34.7 Å². The van der Waals surface area contributed by atoms with Crippen LogP contribution < -0.4 is 4.90 Å². The summed E-state index contributed by atoms with van der Waals surface area (Å²) in [4.78, 5) is 17.0. The van der Waals surface area contributed by atoms with Crippen LogP contribution in [0, 0.1) is 0 Å². The Kier molecular flexibility index (Phi) is 6.66. The Hall–Kier alpha value is -1.33. The monoisotopic (exact) mass is 348 g/mol. The first-order chi connectivity index (χ1) is 11.0. The van der Waals surface area contributed by atoms with E-state index in [2.05, 4.69) is 24.0 Å². The molecule has 0 spiro atoms. The van der Waals surface area contributed by atoms with E-state index in [9.17, 15) is 4.79 Å². The third-order valence-corrected chi connectivity index (χ3v) is 5.19. The zero-order valence-electron chi connectivity index (χ0n) is 14.0. The van der Waals surface area contributed by atoms with Crippen LogP contribution in [-0.2, 0) is 4.79 Å². The first-order valence-electron chi connectivity index (χ1n) is 8.05. The summed E-state index contributed by atoms with van der Waals surface area (Å²) in [6.07, 6.45) is 6.51. The molecule has 1 amide bonds. The fourth-order valence-electron chi connectivity index (χ4n) is 2.41. The second-order valence-corrected chi connectivity index (χ2v) is 7.56. The number of carbonyl (C=O) groups is 1. The maximum Gasteiger partial charge on any atom is 0.266 e. The lowest BCUT2D eigenvalue weighted by molar-refractivity contribution is -0.122. The molecule has 0 saturated carbocycles. The highest BCUT2D eigenvalue weighted by Gasteiger charge is 2.31. The number of anilines is 1. The van der Waals surface area contributed by atoms with Crippen molar-refractivity contribution in [2.24, 2.45) is 0 Å². The lowest BCUT2D eigenvalue weighted by Gasteiger charge is -2.13. The molecule has 1 aliphatic rings. The van der Waals surface area contributed by atoms with Gasteiger partial charge in [0, 0.05) is 26.3 Å². The molecule has 0 aliphatic carbocycles. The van der Waals surface area contributed by atoms with E-state index in [4.69, 9.17) is 12.2 Å². The highest BCUT2D eigenvalue weighted by Crippen LogP contribution is 2.33. The number of thioether (sulfide) groups is 1. The van der Waals surface area contributed by atoms with Crippen LogP contribution in [0.2, 0.25) is 0 Å². The van der Waals surface area contributed by atoms with Crippen molar-refractivity contribution in [3.8, 4) is 0 Å². The molecular weight excluding hydrogens is 324 g/mol. The van der Waals surface area contributed by atoms with Crippen LogP contribution in [0.3, 0.4) is 0 Å². The number of amides is 1. The minimum atomic E-state index is 0.0492. The van der Waals surface area contributed by atoms with Crippen molar-refractivity contribution in [1.29, 1.82) is 0 Å². The Labute approximate surface area is 148 Å². The van der Waals surface area contributed by atoms with E-state index in [0.29, 0.717) is 4.32 Å². The predicted molar refractivity (Wildman–Crippen MR) is 105 cm³/mol. The van der Waals surface area contributed by atoms with Gasteiger partial charge in [-0.15, -0.1) is 0 Å². The summed E-state index contributed by atoms with van der Waals surface area (Å²) in [5.41, 5.74) is 2.17. The van der Waals surface area contributed by atoms with E-state index in [-0.39, 0.29) is 5.91 Å². The fourth-order valence-corrected chi connectivity index (χ4v) is 3.72. The Morgan fingerprint density at radius 1 is 1.17 bits per heavy atom. The smallest absolute Gasteiger partial charge is 0.266 e. The Morgan fingerprint density at radius 3 is 2.48 bits per heavy atom. The largest absolute Gasteiger partial charge is 0.378 e. The zero-order chi connectivity index (χ0) is 16.8. The van der Waals surface area contributed by atoms with Gasteiger partial charge in [-0.1, -0.05) is 62.3 Å². The Balaban J connectivity index is 2.03. The van der Waals surface area contributed by atoms with E-state index in [1.807, 2.05) is 32.3 Å². The van der Waals surface area contributed by atoms with Gasteiger partial charge in [-0.3, -0.25) is 9.69 Å². The number of hydrogen-bond donors (Lipinski definition) is 0. The quantitative estimate of drug-likeness (QED) is 0.410. The standard InChI is InChI=1S/C18H24N2OS2/c1-4-5-6-7-12-20-17(21)16(23-18(20)22)13-14-8-10-15(11-9-14)19(2)3/h8-11,13H,4-7,12H2,1-3H3/b16-13-. The highest BCUT2D eigenvalue weighted by molar-refractivity contribution is 8.26. The minimum Gasteiger partial charge on any atom is -0.378 e. The molecule has 0 unspecified atom stereocenters. The number of nitrogens with zero attached hydrogens (tertiary/aromatic N) is 2. The summed E-state index contributed by atoms with van der Waals surface area (Å²) in [6, 6.07) is 8.17. The molecule has 5 heteroatoms. The maximum absolute atomic E-state index is 12.5. The molecule has 1 saturated heterocycles. The molecule has 1 aliphatic heterocycles.